The van der Waals surface area contributed by atoms with E-state index in [1.807, 2.05) is 38.1 Å². The minimum Gasteiger partial charge on any atom is -0.497 e. The average Bonchev–Trinajstić information content (AvgIpc) is 3.13. The number of hydrogen-bond donors (Lipinski definition) is 4. The van der Waals surface area contributed by atoms with E-state index in [4.69, 9.17) is 4.74 Å². The summed E-state index contributed by atoms with van der Waals surface area (Å²) in [7, 11) is 1.60. The molecule has 0 bridgehead atoms. The van der Waals surface area contributed by atoms with Gasteiger partial charge in [0.15, 0.2) is 6.29 Å². The summed E-state index contributed by atoms with van der Waals surface area (Å²) in [5.41, 5.74) is 1.65. The number of nitrogens with one attached hydrogen (secondary N) is 4. The van der Waals surface area contributed by atoms with E-state index in [1.54, 1.807) is 20.1 Å². The van der Waals surface area contributed by atoms with Gasteiger partial charge in [-0.05, 0) is 37.0 Å². The van der Waals surface area contributed by atoms with Crippen LogP contribution in [0.4, 0.5) is 5.82 Å². The number of carbonyl (C=O) groups excluding carboxylic acids is 3. The highest BCUT2D eigenvalue weighted by atomic mass is 16.5. The normalized spacial score (nSPS) is 18.2. The number of ether oxygens (including phenoxy) is 1. The molecule has 10 heteroatoms. The Morgan fingerprint density at radius 2 is 1.97 bits per heavy atom. The summed E-state index contributed by atoms with van der Waals surface area (Å²) in [5.74, 6) is -0.329. The summed E-state index contributed by atoms with van der Waals surface area (Å²) >= 11 is 0. The third kappa shape index (κ3) is 5.85. The first-order valence-corrected chi connectivity index (χ1v) is 10.6. The topological polar surface area (TPSA) is 126 Å². The lowest BCUT2D eigenvalue weighted by molar-refractivity contribution is -0.136. The van der Waals surface area contributed by atoms with Crippen LogP contribution in [0, 0.1) is 12.8 Å². The number of aryl methyl sites for hydroxylation is 1. The fourth-order valence-electron chi connectivity index (χ4n) is 3.45. The van der Waals surface area contributed by atoms with Crippen molar-refractivity contribution in [3.05, 3.63) is 41.6 Å². The summed E-state index contributed by atoms with van der Waals surface area (Å²) in [6.07, 6.45) is 0.326. The van der Waals surface area contributed by atoms with Gasteiger partial charge in [-0.3, -0.25) is 19.7 Å². The first-order valence-electron chi connectivity index (χ1n) is 10.6. The van der Waals surface area contributed by atoms with E-state index < -0.39 is 18.1 Å². The number of methoxy groups -OCH3 is 1. The monoisotopic (exact) mass is 442 g/mol. The predicted molar refractivity (Wildman–Crippen MR) is 119 cm³/mol. The lowest BCUT2D eigenvalue weighted by atomic mass is 9.99. The molecule has 1 saturated heterocycles. The lowest BCUT2D eigenvalue weighted by Gasteiger charge is -2.34. The number of hydrogen-bond acceptors (Lipinski definition) is 6. The molecule has 0 aliphatic carbocycles. The van der Waals surface area contributed by atoms with Crippen molar-refractivity contribution in [2.24, 2.45) is 5.92 Å². The zero-order valence-corrected chi connectivity index (χ0v) is 18.8. The number of nitrogens with zero attached hydrogens (tertiary/aromatic N) is 2. The van der Waals surface area contributed by atoms with Gasteiger partial charge in [-0.1, -0.05) is 26.0 Å². The van der Waals surface area contributed by atoms with E-state index in [2.05, 4.69) is 26.4 Å². The summed E-state index contributed by atoms with van der Waals surface area (Å²) < 4.78 is 6.60. The molecule has 3 rings (SSSR count). The number of rotatable bonds is 7. The third-order valence-electron chi connectivity index (χ3n) is 5.29. The molecule has 0 saturated carbocycles. The Kier molecular flexibility index (Phi) is 7.47. The average molecular weight is 443 g/mol. The molecule has 0 spiro atoms. The van der Waals surface area contributed by atoms with Crippen molar-refractivity contribution in [1.82, 2.24) is 25.7 Å². The van der Waals surface area contributed by atoms with Gasteiger partial charge in [0.05, 0.1) is 12.8 Å². The van der Waals surface area contributed by atoms with Crippen molar-refractivity contribution in [3.8, 4) is 5.75 Å². The Labute approximate surface area is 187 Å². The van der Waals surface area contributed by atoms with Crippen LogP contribution in [0.25, 0.3) is 0 Å². The molecule has 1 aromatic heterocycles. The van der Waals surface area contributed by atoms with Crippen LogP contribution in [0.1, 0.15) is 37.8 Å². The van der Waals surface area contributed by atoms with Gasteiger partial charge in [-0.15, -0.1) is 0 Å². The first kappa shape index (κ1) is 23.3. The van der Waals surface area contributed by atoms with Gasteiger partial charge in [0.1, 0.15) is 11.6 Å². The minimum absolute atomic E-state index is 0.0249. The van der Waals surface area contributed by atoms with Crippen LogP contribution in [0.3, 0.4) is 0 Å². The van der Waals surface area contributed by atoms with E-state index in [-0.39, 0.29) is 17.9 Å². The first-order chi connectivity index (χ1) is 15.3. The fraction of sp³-hybridized carbons (Fsp3) is 0.455. The van der Waals surface area contributed by atoms with Crippen LogP contribution in [0.15, 0.2) is 30.3 Å². The lowest BCUT2D eigenvalue weighted by Crippen LogP contribution is -2.55. The second kappa shape index (κ2) is 10.3. The van der Waals surface area contributed by atoms with Gasteiger partial charge in [-0.2, -0.15) is 5.10 Å². The zero-order chi connectivity index (χ0) is 23.3. The Bertz CT molecular complexity index is 969. The largest absolute Gasteiger partial charge is 0.497 e. The van der Waals surface area contributed by atoms with E-state index >= 15 is 0 Å². The summed E-state index contributed by atoms with van der Waals surface area (Å²) in [6.45, 7) is 6.14. The summed E-state index contributed by atoms with van der Waals surface area (Å²) in [5, 5.41) is 15.7. The molecular formula is C22H30N6O4. The molecule has 2 unspecified atom stereocenters. The molecule has 10 nitrogen and oxygen atoms in total. The Morgan fingerprint density at radius 1 is 1.25 bits per heavy atom. The van der Waals surface area contributed by atoms with Crippen molar-refractivity contribution in [3.63, 3.8) is 0 Å². The highest BCUT2D eigenvalue weighted by Gasteiger charge is 2.30. The number of anilines is 1. The number of aromatic nitrogens is 2. The summed E-state index contributed by atoms with van der Waals surface area (Å²) in [6, 6.07) is 9.12. The second-order valence-electron chi connectivity index (χ2n) is 8.11. The Morgan fingerprint density at radius 3 is 2.62 bits per heavy atom. The van der Waals surface area contributed by atoms with Crippen molar-refractivity contribution >= 4 is 23.5 Å². The maximum atomic E-state index is 12.4. The molecule has 1 aromatic carbocycles. The van der Waals surface area contributed by atoms with Gasteiger partial charge in [0.2, 0.25) is 5.91 Å². The molecular weight excluding hydrogens is 412 g/mol. The molecule has 0 radical (unpaired) electrons. The SMILES string of the molecule is COc1ccc(CCNC(=O)C(=O)Nc2cc(C)nn2C2NC(=O)CC(C(C)C)N2)cc1. The maximum absolute atomic E-state index is 12.4. The smallest absolute Gasteiger partial charge is 0.314 e. The van der Waals surface area contributed by atoms with Crippen molar-refractivity contribution in [1.29, 1.82) is 0 Å². The number of carbonyl (C=O) groups is 3. The molecule has 2 atom stereocenters. The van der Waals surface area contributed by atoms with Crippen LogP contribution in [0.2, 0.25) is 0 Å². The fourth-order valence-corrected chi connectivity index (χ4v) is 3.45. The van der Waals surface area contributed by atoms with Crippen LogP contribution < -0.4 is 26.0 Å². The standard InChI is InChI=1S/C22H30N6O4/c1-13(2)17-12-19(29)26-22(24-17)28-18(11-14(3)27-28)25-21(31)20(30)23-10-9-15-5-7-16(32-4)8-6-15/h5-8,11,13,17,22,24H,9-10,12H2,1-4H3,(H,23,30)(H,25,31)(H,26,29). The highest BCUT2D eigenvalue weighted by Crippen LogP contribution is 2.20. The van der Waals surface area contributed by atoms with E-state index in [1.165, 1.54) is 4.68 Å². The van der Waals surface area contributed by atoms with E-state index in [0.29, 0.717) is 30.9 Å². The third-order valence-corrected chi connectivity index (χ3v) is 5.29. The van der Waals surface area contributed by atoms with Gasteiger partial charge in [0, 0.05) is 25.1 Å². The van der Waals surface area contributed by atoms with E-state index in [0.717, 1.165) is 11.3 Å². The number of amides is 3. The molecule has 2 heterocycles. The van der Waals surface area contributed by atoms with Crippen LogP contribution in [-0.4, -0.2) is 47.2 Å². The quantitative estimate of drug-likeness (QED) is 0.476. The van der Waals surface area contributed by atoms with Gasteiger partial charge < -0.3 is 20.7 Å². The Balaban J connectivity index is 1.58. The summed E-state index contributed by atoms with van der Waals surface area (Å²) in [4.78, 5) is 36.8. The molecule has 4 N–H and O–H groups in total. The maximum Gasteiger partial charge on any atom is 0.314 e. The minimum atomic E-state index is -0.802. The molecule has 3 amide bonds. The second-order valence-corrected chi connectivity index (χ2v) is 8.11. The zero-order valence-electron chi connectivity index (χ0n) is 18.8. The molecule has 32 heavy (non-hydrogen) atoms. The molecule has 1 aliphatic heterocycles. The van der Waals surface area contributed by atoms with Gasteiger partial charge >= 0.3 is 11.8 Å². The van der Waals surface area contributed by atoms with Crippen molar-refractivity contribution < 1.29 is 19.1 Å². The van der Waals surface area contributed by atoms with Crippen LogP contribution in [-0.2, 0) is 20.8 Å². The van der Waals surface area contributed by atoms with E-state index in [9.17, 15) is 14.4 Å². The Hall–Kier alpha value is -3.40. The highest BCUT2D eigenvalue weighted by molar-refractivity contribution is 6.39. The van der Waals surface area contributed by atoms with Gasteiger partial charge in [0.25, 0.3) is 0 Å². The van der Waals surface area contributed by atoms with Crippen molar-refractivity contribution in [2.75, 3.05) is 19.0 Å². The molecule has 2 aromatic rings. The van der Waals surface area contributed by atoms with Crippen molar-refractivity contribution in [2.45, 2.75) is 45.9 Å². The predicted octanol–water partition coefficient (Wildman–Crippen LogP) is 1.09. The molecule has 172 valence electrons. The number of benzene rings is 1. The van der Waals surface area contributed by atoms with Gasteiger partial charge in [-0.25, -0.2) is 4.68 Å². The molecule has 1 aliphatic rings. The van der Waals surface area contributed by atoms with Crippen LogP contribution in [0.5, 0.6) is 5.75 Å². The molecule has 1 fully saturated rings. The van der Waals surface area contributed by atoms with Crippen LogP contribution >= 0.6 is 0 Å².